The topological polar surface area (TPSA) is 46.5 Å². The second-order valence-corrected chi connectivity index (χ2v) is 2.87. The van der Waals surface area contributed by atoms with Crippen molar-refractivity contribution in [3.05, 3.63) is 29.8 Å². The van der Waals surface area contributed by atoms with E-state index in [4.69, 9.17) is 17.7 Å². The fraction of sp³-hybridized carbons (Fsp3) is 0.300. The Bertz CT molecular complexity index is 312. The van der Waals surface area contributed by atoms with Crippen LogP contribution < -0.4 is 4.74 Å². The van der Waals surface area contributed by atoms with Crippen LogP contribution in [0.25, 0.3) is 0 Å². The number of benzene rings is 1. The molecule has 0 aromatic heterocycles. The minimum absolute atomic E-state index is 0.313. The number of hydrogen-bond acceptors (Lipinski definition) is 2. The number of aryl methyl sites for hydroxylation is 1. The van der Waals surface area contributed by atoms with Crippen LogP contribution in [0.2, 0.25) is 6.32 Å². The van der Waals surface area contributed by atoms with E-state index in [1.807, 2.05) is 12.1 Å². The summed E-state index contributed by atoms with van der Waals surface area (Å²) < 4.78 is 5.01. The standard InChI is InChI=1S/C10H11BO3/c11-5-4-8-2-1-3-9(6-8)14-7-10(12)13/h1-3,6H,4-5,7H2,(H,12,13). The molecule has 0 spiro atoms. The van der Waals surface area contributed by atoms with E-state index in [1.165, 1.54) is 0 Å². The highest BCUT2D eigenvalue weighted by atomic mass is 16.5. The third kappa shape index (κ3) is 3.52. The number of carboxylic acids is 1. The van der Waals surface area contributed by atoms with E-state index < -0.39 is 5.97 Å². The van der Waals surface area contributed by atoms with Crippen LogP contribution in [0.1, 0.15) is 5.56 Å². The van der Waals surface area contributed by atoms with Gasteiger partial charge in [-0.3, -0.25) is 0 Å². The molecule has 0 heterocycles. The van der Waals surface area contributed by atoms with Gasteiger partial charge in [0.1, 0.15) is 5.75 Å². The Kier molecular flexibility index (Phi) is 4.04. The second-order valence-electron chi connectivity index (χ2n) is 2.87. The molecular formula is C10H11BO3. The Hall–Kier alpha value is -1.45. The largest absolute Gasteiger partial charge is 0.482 e. The van der Waals surface area contributed by atoms with E-state index >= 15 is 0 Å². The fourth-order valence-corrected chi connectivity index (χ4v) is 1.10. The Morgan fingerprint density at radius 3 is 2.93 bits per heavy atom. The number of hydrogen-bond donors (Lipinski definition) is 1. The molecule has 4 heteroatoms. The normalized spacial score (nSPS) is 9.71. The first-order chi connectivity index (χ1) is 6.72. The average Bonchev–Trinajstić information content (AvgIpc) is 2.16. The van der Waals surface area contributed by atoms with Gasteiger partial charge in [-0.25, -0.2) is 4.79 Å². The van der Waals surface area contributed by atoms with Crippen LogP contribution >= 0.6 is 0 Å². The van der Waals surface area contributed by atoms with Crippen molar-refractivity contribution in [3.63, 3.8) is 0 Å². The van der Waals surface area contributed by atoms with Gasteiger partial charge in [-0.15, -0.1) is 0 Å². The third-order valence-electron chi connectivity index (χ3n) is 1.69. The van der Waals surface area contributed by atoms with Crippen molar-refractivity contribution in [2.45, 2.75) is 12.7 Å². The number of carbonyl (C=O) groups is 1. The van der Waals surface area contributed by atoms with Gasteiger partial charge in [0.05, 0.1) is 7.85 Å². The van der Waals surface area contributed by atoms with Crippen molar-refractivity contribution in [3.8, 4) is 5.75 Å². The van der Waals surface area contributed by atoms with Gasteiger partial charge in [0.2, 0.25) is 0 Å². The molecule has 1 aromatic rings. The average molecular weight is 190 g/mol. The quantitative estimate of drug-likeness (QED) is 0.711. The zero-order valence-corrected chi connectivity index (χ0v) is 7.77. The molecule has 3 nitrogen and oxygen atoms in total. The summed E-state index contributed by atoms with van der Waals surface area (Å²) in [5.74, 6) is -0.410. The first kappa shape index (κ1) is 10.6. The minimum atomic E-state index is -0.978. The van der Waals surface area contributed by atoms with E-state index in [0.717, 1.165) is 12.0 Å². The molecule has 1 N–H and O–H groups in total. The lowest BCUT2D eigenvalue weighted by Gasteiger charge is -2.04. The van der Waals surface area contributed by atoms with E-state index in [-0.39, 0.29) is 6.61 Å². The van der Waals surface area contributed by atoms with Gasteiger partial charge in [0.15, 0.2) is 6.61 Å². The smallest absolute Gasteiger partial charge is 0.341 e. The molecule has 14 heavy (non-hydrogen) atoms. The summed E-state index contributed by atoms with van der Waals surface area (Å²) >= 11 is 0. The Balaban J connectivity index is 2.58. The second kappa shape index (κ2) is 5.32. The molecule has 1 aromatic carbocycles. The molecule has 2 radical (unpaired) electrons. The van der Waals surface area contributed by atoms with Gasteiger partial charge in [0, 0.05) is 0 Å². The highest BCUT2D eigenvalue weighted by Gasteiger charge is 1.99. The summed E-state index contributed by atoms with van der Waals surface area (Å²) in [7, 11) is 5.40. The monoisotopic (exact) mass is 190 g/mol. The molecule has 0 aliphatic rings. The van der Waals surface area contributed by atoms with Crippen molar-refractivity contribution in [1.82, 2.24) is 0 Å². The minimum Gasteiger partial charge on any atom is -0.482 e. The number of rotatable bonds is 5. The van der Waals surface area contributed by atoms with Crippen LogP contribution in [-0.2, 0) is 11.2 Å². The van der Waals surface area contributed by atoms with Gasteiger partial charge >= 0.3 is 5.97 Å². The van der Waals surface area contributed by atoms with Crippen LogP contribution in [0, 0.1) is 0 Å². The molecule has 0 fully saturated rings. The van der Waals surface area contributed by atoms with Gasteiger partial charge < -0.3 is 9.84 Å². The first-order valence-electron chi connectivity index (χ1n) is 4.36. The molecule has 0 aliphatic carbocycles. The van der Waals surface area contributed by atoms with Crippen molar-refractivity contribution >= 4 is 13.8 Å². The van der Waals surface area contributed by atoms with E-state index in [9.17, 15) is 4.79 Å². The molecule has 0 saturated heterocycles. The zero-order valence-electron chi connectivity index (χ0n) is 7.77. The summed E-state index contributed by atoms with van der Waals surface area (Å²) in [5, 5.41) is 8.40. The van der Waals surface area contributed by atoms with E-state index in [1.54, 1.807) is 12.1 Å². The maximum absolute atomic E-state index is 10.2. The van der Waals surface area contributed by atoms with Gasteiger partial charge in [-0.05, 0) is 24.1 Å². The van der Waals surface area contributed by atoms with Crippen molar-refractivity contribution in [1.29, 1.82) is 0 Å². The van der Waals surface area contributed by atoms with Crippen molar-refractivity contribution in [2.24, 2.45) is 0 Å². The molecule has 0 atom stereocenters. The van der Waals surface area contributed by atoms with Crippen molar-refractivity contribution < 1.29 is 14.6 Å². The lowest BCUT2D eigenvalue weighted by atomic mass is 9.97. The SMILES string of the molecule is [B]CCc1cccc(OCC(=O)O)c1. The van der Waals surface area contributed by atoms with Crippen LogP contribution in [-0.4, -0.2) is 25.5 Å². The Morgan fingerprint density at radius 1 is 1.50 bits per heavy atom. The Labute approximate surface area is 84.1 Å². The lowest BCUT2D eigenvalue weighted by molar-refractivity contribution is -0.139. The van der Waals surface area contributed by atoms with Crippen LogP contribution in [0.3, 0.4) is 0 Å². The number of carboxylic acid groups (broad SMARTS) is 1. The summed E-state index contributed by atoms with van der Waals surface area (Å²) in [6.45, 7) is -0.313. The van der Waals surface area contributed by atoms with Crippen LogP contribution in [0.5, 0.6) is 5.75 Å². The highest BCUT2D eigenvalue weighted by molar-refractivity contribution is 6.08. The highest BCUT2D eigenvalue weighted by Crippen LogP contribution is 2.14. The molecule has 0 saturated carbocycles. The van der Waals surface area contributed by atoms with E-state index in [0.29, 0.717) is 12.1 Å². The van der Waals surface area contributed by atoms with Gasteiger partial charge in [0.25, 0.3) is 0 Å². The lowest BCUT2D eigenvalue weighted by Crippen LogP contribution is -2.09. The first-order valence-corrected chi connectivity index (χ1v) is 4.36. The Morgan fingerprint density at radius 2 is 2.29 bits per heavy atom. The maximum atomic E-state index is 10.2. The summed E-state index contributed by atoms with van der Waals surface area (Å²) in [6, 6.07) is 7.28. The summed E-state index contributed by atoms with van der Waals surface area (Å²) in [6.07, 6.45) is 1.34. The predicted octanol–water partition coefficient (Wildman–Crippen LogP) is 1.28. The third-order valence-corrected chi connectivity index (χ3v) is 1.69. The number of ether oxygens (including phenoxy) is 1. The maximum Gasteiger partial charge on any atom is 0.341 e. The molecule has 1 rings (SSSR count). The molecule has 0 unspecified atom stereocenters. The van der Waals surface area contributed by atoms with Gasteiger partial charge in [-0.1, -0.05) is 18.5 Å². The fourth-order valence-electron chi connectivity index (χ4n) is 1.10. The predicted molar refractivity (Wildman–Crippen MR) is 53.8 cm³/mol. The van der Waals surface area contributed by atoms with Gasteiger partial charge in [-0.2, -0.15) is 0 Å². The van der Waals surface area contributed by atoms with E-state index in [2.05, 4.69) is 0 Å². The van der Waals surface area contributed by atoms with Crippen LogP contribution in [0.4, 0.5) is 0 Å². The van der Waals surface area contributed by atoms with Crippen LogP contribution in [0.15, 0.2) is 24.3 Å². The molecule has 0 aliphatic heterocycles. The molecule has 0 amide bonds. The molecule has 0 bridgehead atoms. The molecular weight excluding hydrogens is 179 g/mol. The zero-order chi connectivity index (χ0) is 10.4. The summed E-state index contributed by atoms with van der Waals surface area (Å²) in [4.78, 5) is 10.2. The number of aliphatic carboxylic acids is 1. The summed E-state index contributed by atoms with van der Waals surface area (Å²) in [5.41, 5.74) is 1.05. The molecule has 72 valence electrons. The van der Waals surface area contributed by atoms with Crippen molar-refractivity contribution in [2.75, 3.05) is 6.61 Å².